The molecule has 0 unspecified atom stereocenters. The molecule has 1 atom stereocenters. The second kappa shape index (κ2) is 6.45. The van der Waals surface area contributed by atoms with E-state index < -0.39 is 11.7 Å². The number of ether oxygens (including phenoxy) is 1. The second-order valence-corrected chi connectivity index (χ2v) is 4.16. The number of methoxy groups -OCH3 is 1. The van der Waals surface area contributed by atoms with Crippen LogP contribution in [0.15, 0.2) is 18.2 Å². The number of benzene rings is 1. The summed E-state index contributed by atoms with van der Waals surface area (Å²) in [5.74, 6) is 0.217. The van der Waals surface area contributed by atoms with Crippen LogP contribution in [0.3, 0.4) is 0 Å². The van der Waals surface area contributed by atoms with E-state index in [0.29, 0.717) is 13.1 Å². The van der Waals surface area contributed by atoms with Gasteiger partial charge in [-0.1, -0.05) is 6.07 Å². The number of nitrogens with one attached hydrogen (secondary N) is 2. The van der Waals surface area contributed by atoms with E-state index in [1.165, 1.54) is 13.2 Å². The van der Waals surface area contributed by atoms with Crippen molar-refractivity contribution in [3.63, 3.8) is 0 Å². The van der Waals surface area contributed by atoms with Gasteiger partial charge in [0.25, 0.3) is 0 Å². The van der Waals surface area contributed by atoms with Crippen LogP contribution in [0.25, 0.3) is 0 Å². The molecule has 0 aromatic heterocycles. The van der Waals surface area contributed by atoms with E-state index in [9.17, 15) is 13.2 Å². The van der Waals surface area contributed by atoms with Gasteiger partial charge in [-0.15, -0.1) is 12.4 Å². The largest absolute Gasteiger partial charge is 0.497 e. The summed E-state index contributed by atoms with van der Waals surface area (Å²) in [6, 6.07) is 3.76. The van der Waals surface area contributed by atoms with Crippen LogP contribution in [0.1, 0.15) is 17.2 Å². The molecule has 0 radical (unpaired) electrons. The van der Waals surface area contributed by atoms with Gasteiger partial charge in [-0.2, -0.15) is 13.2 Å². The van der Waals surface area contributed by atoms with E-state index in [4.69, 9.17) is 4.74 Å². The number of alkyl halides is 3. The van der Waals surface area contributed by atoms with Crippen LogP contribution in [0.2, 0.25) is 0 Å². The summed E-state index contributed by atoms with van der Waals surface area (Å²) in [5.41, 5.74) is -0.376. The Morgan fingerprint density at radius 3 is 2.53 bits per heavy atom. The van der Waals surface area contributed by atoms with Gasteiger partial charge in [0, 0.05) is 25.7 Å². The highest BCUT2D eigenvalue weighted by atomic mass is 35.5. The van der Waals surface area contributed by atoms with Gasteiger partial charge in [0.05, 0.1) is 12.7 Å². The lowest BCUT2D eigenvalue weighted by Crippen LogP contribution is -2.43. The van der Waals surface area contributed by atoms with Crippen LogP contribution in [0.5, 0.6) is 5.75 Å². The fourth-order valence-corrected chi connectivity index (χ4v) is 2.08. The number of hydrogen-bond acceptors (Lipinski definition) is 3. The summed E-state index contributed by atoms with van der Waals surface area (Å²) in [7, 11) is 1.36. The Labute approximate surface area is 115 Å². The van der Waals surface area contributed by atoms with Crippen LogP contribution >= 0.6 is 12.4 Å². The summed E-state index contributed by atoms with van der Waals surface area (Å²) in [5, 5.41) is 6.16. The van der Waals surface area contributed by atoms with E-state index in [1.54, 1.807) is 6.07 Å². The predicted octanol–water partition coefficient (Wildman–Crippen LogP) is 2.37. The van der Waals surface area contributed by atoms with Crippen LogP contribution in [0.4, 0.5) is 13.2 Å². The zero-order chi connectivity index (χ0) is 13.2. The minimum atomic E-state index is -4.37. The highest BCUT2D eigenvalue weighted by Gasteiger charge is 2.36. The highest BCUT2D eigenvalue weighted by Crippen LogP contribution is 2.36. The molecule has 1 aromatic rings. The Bertz CT molecular complexity index is 420. The van der Waals surface area contributed by atoms with Crippen LogP contribution in [0, 0.1) is 0 Å². The Morgan fingerprint density at radius 1 is 1.26 bits per heavy atom. The molecule has 1 saturated heterocycles. The molecule has 1 heterocycles. The molecule has 0 aliphatic carbocycles. The lowest BCUT2D eigenvalue weighted by Gasteiger charge is -2.27. The van der Waals surface area contributed by atoms with Crippen LogP contribution < -0.4 is 15.4 Å². The maximum absolute atomic E-state index is 13.0. The lowest BCUT2D eigenvalue weighted by molar-refractivity contribution is -0.138. The smallest absolute Gasteiger partial charge is 0.416 e. The fourth-order valence-electron chi connectivity index (χ4n) is 2.08. The molecule has 7 heteroatoms. The van der Waals surface area contributed by atoms with Crippen molar-refractivity contribution < 1.29 is 17.9 Å². The quantitative estimate of drug-likeness (QED) is 0.879. The van der Waals surface area contributed by atoms with Gasteiger partial charge >= 0.3 is 6.18 Å². The third-order valence-electron chi connectivity index (χ3n) is 2.98. The van der Waals surface area contributed by atoms with Gasteiger partial charge in [-0.3, -0.25) is 0 Å². The maximum Gasteiger partial charge on any atom is 0.416 e. The number of halogens is 4. The average molecular weight is 297 g/mol. The van der Waals surface area contributed by atoms with E-state index >= 15 is 0 Å². The van der Waals surface area contributed by atoms with Crippen molar-refractivity contribution in [1.29, 1.82) is 0 Å². The molecular formula is C12H16ClF3N2O. The van der Waals surface area contributed by atoms with E-state index in [2.05, 4.69) is 10.6 Å². The zero-order valence-electron chi connectivity index (χ0n) is 10.4. The van der Waals surface area contributed by atoms with Gasteiger partial charge in [0.15, 0.2) is 0 Å². The first-order chi connectivity index (χ1) is 8.52. The molecule has 1 aliphatic heterocycles. The Balaban J connectivity index is 0.00000180. The lowest BCUT2D eigenvalue weighted by atomic mass is 9.98. The molecule has 0 saturated carbocycles. The molecule has 108 valence electrons. The van der Waals surface area contributed by atoms with E-state index in [0.717, 1.165) is 12.6 Å². The molecule has 1 aromatic carbocycles. The second-order valence-electron chi connectivity index (χ2n) is 4.16. The normalized spacial score (nSPS) is 19.7. The van der Waals surface area contributed by atoms with Crippen molar-refractivity contribution >= 4 is 12.4 Å². The fraction of sp³-hybridized carbons (Fsp3) is 0.500. The van der Waals surface area contributed by atoms with Crippen molar-refractivity contribution in [2.75, 3.05) is 26.7 Å². The van der Waals surface area contributed by atoms with Gasteiger partial charge < -0.3 is 15.4 Å². The molecule has 19 heavy (non-hydrogen) atoms. The third kappa shape index (κ3) is 3.75. The molecule has 0 bridgehead atoms. The monoisotopic (exact) mass is 296 g/mol. The van der Waals surface area contributed by atoms with E-state index in [-0.39, 0.29) is 29.8 Å². The first-order valence-corrected chi connectivity index (χ1v) is 5.71. The van der Waals surface area contributed by atoms with Crippen molar-refractivity contribution in [3.05, 3.63) is 29.3 Å². The highest BCUT2D eigenvalue weighted by molar-refractivity contribution is 5.85. The topological polar surface area (TPSA) is 33.3 Å². The number of piperazine rings is 1. The summed E-state index contributed by atoms with van der Waals surface area (Å²) < 4.78 is 43.9. The Hall–Kier alpha value is -0.980. The molecule has 2 rings (SSSR count). The molecule has 3 nitrogen and oxygen atoms in total. The average Bonchev–Trinajstić information content (AvgIpc) is 2.38. The van der Waals surface area contributed by atoms with Crippen molar-refractivity contribution in [3.8, 4) is 5.75 Å². The molecule has 0 amide bonds. The molecule has 2 N–H and O–H groups in total. The first-order valence-electron chi connectivity index (χ1n) is 5.71. The van der Waals surface area contributed by atoms with Crippen LogP contribution in [-0.4, -0.2) is 26.7 Å². The minimum absolute atomic E-state index is 0. The Morgan fingerprint density at radius 2 is 2.00 bits per heavy atom. The van der Waals surface area contributed by atoms with Gasteiger partial charge in [0.2, 0.25) is 0 Å². The molecular weight excluding hydrogens is 281 g/mol. The van der Waals surface area contributed by atoms with Gasteiger partial charge in [0.1, 0.15) is 5.75 Å². The standard InChI is InChI=1S/C12H15F3N2O.ClH/c1-18-8-2-3-9(10(6-8)12(13,14)15)11-7-16-4-5-17-11;/h2-3,6,11,16-17H,4-5,7H2,1H3;1H/t11-;/m1./s1. The third-order valence-corrected chi connectivity index (χ3v) is 2.98. The van der Waals surface area contributed by atoms with Gasteiger partial charge in [-0.05, 0) is 17.7 Å². The predicted molar refractivity (Wildman–Crippen MR) is 68.9 cm³/mol. The molecule has 1 fully saturated rings. The van der Waals surface area contributed by atoms with E-state index in [1.807, 2.05) is 0 Å². The number of hydrogen-bond donors (Lipinski definition) is 2. The van der Waals surface area contributed by atoms with Crippen molar-refractivity contribution in [2.24, 2.45) is 0 Å². The SMILES string of the molecule is COc1ccc([C@H]2CNCCN2)c(C(F)(F)F)c1.Cl. The number of rotatable bonds is 2. The van der Waals surface area contributed by atoms with Crippen molar-refractivity contribution in [2.45, 2.75) is 12.2 Å². The molecule has 1 aliphatic rings. The Kier molecular flexibility index (Phi) is 5.46. The first kappa shape index (κ1) is 16.1. The summed E-state index contributed by atoms with van der Waals surface area (Å²) in [6.07, 6.45) is -4.37. The summed E-state index contributed by atoms with van der Waals surface area (Å²) in [6.45, 7) is 1.93. The summed E-state index contributed by atoms with van der Waals surface area (Å²) >= 11 is 0. The minimum Gasteiger partial charge on any atom is -0.497 e. The van der Waals surface area contributed by atoms with Crippen molar-refractivity contribution in [1.82, 2.24) is 10.6 Å². The summed E-state index contributed by atoms with van der Waals surface area (Å²) in [4.78, 5) is 0. The maximum atomic E-state index is 13.0. The zero-order valence-corrected chi connectivity index (χ0v) is 11.2. The van der Waals surface area contributed by atoms with Crippen LogP contribution in [-0.2, 0) is 6.18 Å². The van der Waals surface area contributed by atoms with Gasteiger partial charge in [-0.25, -0.2) is 0 Å². The molecule has 0 spiro atoms.